The summed E-state index contributed by atoms with van der Waals surface area (Å²) in [6.45, 7) is 11.0. The summed E-state index contributed by atoms with van der Waals surface area (Å²) in [6, 6.07) is 0. The molecule has 0 amide bonds. The Morgan fingerprint density at radius 2 is 1.58 bits per heavy atom. The zero-order chi connectivity index (χ0) is 13.5. The van der Waals surface area contributed by atoms with Crippen LogP contribution in [0.2, 0.25) is 0 Å². The standard InChI is InChI=1S/C16H33N3/c1-3-15-4-6-16(7-5-15)14-17-8-9-19-12-10-18(2)11-13-19/h15-17H,3-14H2,1-2H3. The molecular formula is C16H33N3. The maximum Gasteiger partial charge on any atom is 0.0110 e. The van der Waals surface area contributed by atoms with Gasteiger partial charge in [0.05, 0.1) is 0 Å². The van der Waals surface area contributed by atoms with Crippen molar-refractivity contribution in [2.45, 2.75) is 39.0 Å². The fourth-order valence-electron chi connectivity index (χ4n) is 3.46. The Morgan fingerprint density at radius 3 is 2.21 bits per heavy atom. The molecule has 1 heterocycles. The van der Waals surface area contributed by atoms with Crippen molar-refractivity contribution < 1.29 is 0 Å². The highest BCUT2D eigenvalue weighted by molar-refractivity contribution is 4.74. The van der Waals surface area contributed by atoms with E-state index in [1.165, 1.54) is 77.9 Å². The van der Waals surface area contributed by atoms with Gasteiger partial charge in [-0.15, -0.1) is 0 Å². The molecule has 2 fully saturated rings. The van der Waals surface area contributed by atoms with Crippen LogP contribution in [0.25, 0.3) is 0 Å². The van der Waals surface area contributed by atoms with Gasteiger partial charge in [0, 0.05) is 39.3 Å². The lowest BCUT2D eigenvalue weighted by Crippen LogP contribution is -2.46. The van der Waals surface area contributed by atoms with Crippen LogP contribution in [0.3, 0.4) is 0 Å². The van der Waals surface area contributed by atoms with Crippen LogP contribution in [-0.2, 0) is 0 Å². The van der Waals surface area contributed by atoms with Gasteiger partial charge in [-0.25, -0.2) is 0 Å². The summed E-state index contributed by atoms with van der Waals surface area (Å²) in [5, 5.41) is 3.69. The van der Waals surface area contributed by atoms with Crippen LogP contribution in [0.4, 0.5) is 0 Å². The molecule has 0 radical (unpaired) electrons. The highest BCUT2D eigenvalue weighted by atomic mass is 15.2. The van der Waals surface area contributed by atoms with E-state index in [2.05, 4.69) is 29.1 Å². The van der Waals surface area contributed by atoms with E-state index in [4.69, 9.17) is 0 Å². The Bertz CT molecular complexity index is 228. The summed E-state index contributed by atoms with van der Waals surface area (Å²) < 4.78 is 0. The van der Waals surface area contributed by atoms with Gasteiger partial charge in [-0.1, -0.05) is 26.2 Å². The van der Waals surface area contributed by atoms with Crippen molar-refractivity contribution in [1.29, 1.82) is 0 Å². The topological polar surface area (TPSA) is 18.5 Å². The summed E-state index contributed by atoms with van der Waals surface area (Å²) in [4.78, 5) is 5.02. The number of nitrogens with one attached hydrogen (secondary N) is 1. The SMILES string of the molecule is CCC1CCC(CNCCN2CCN(C)CC2)CC1. The summed E-state index contributed by atoms with van der Waals surface area (Å²) in [5.41, 5.74) is 0. The van der Waals surface area contributed by atoms with Crippen LogP contribution in [0.1, 0.15) is 39.0 Å². The van der Waals surface area contributed by atoms with Crippen molar-refractivity contribution in [3.8, 4) is 0 Å². The highest BCUT2D eigenvalue weighted by Crippen LogP contribution is 2.29. The van der Waals surface area contributed by atoms with Crippen LogP contribution in [0.5, 0.6) is 0 Å². The van der Waals surface area contributed by atoms with E-state index >= 15 is 0 Å². The molecule has 1 N–H and O–H groups in total. The number of piperazine rings is 1. The molecule has 0 bridgehead atoms. The molecule has 3 nitrogen and oxygen atoms in total. The number of nitrogens with zero attached hydrogens (tertiary/aromatic N) is 2. The van der Waals surface area contributed by atoms with Crippen molar-refractivity contribution in [2.75, 3.05) is 52.9 Å². The first-order valence-corrected chi connectivity index (χ1v) is 8.39. The fourth-order valence-corrected chi connectivity index (χ4v) is 3.46. The van der Waals surface area contributed by atoms with Crippen LogP contribution >= 0.6 is 0 Å². The van der Waals surface area contributed by atoms with Gasteiger partial charge in [0.1, 0.15) is 0 Å². The number of likely N-dealkylation sites (N-methyl/N-ethyl adjacent to an activating group) is 1. The zero-order valence-corrected chi connectivity index (χ0v) is 13.0. The Balaban J connectivity index is 1.48. The first-order valence-electron chi connectivity index (χ1n) is 8.39. The summed E-state index contributed by atoms with van der Waals surface area (Å²) >= 11 is 0. The number of hydrogen-bond donors (Lipinski definition) is 1. The minimum absolute atomic E-state index is 0.954. The molecule has 0 aromatic heterocycles. The molecule has 0 atom stereocenters. The Morgan fingerprint density at radius 1 is 0.947 bits per heavy atom. The average molecular weight is 267 g/mol. The van der Waals surface area contributed by atoms with Gasteiger partial charge in [-0.05, 0) is 38.3 Å². The Labute approximate surface area is 119 Å². The second-order valence-corrected chi connectivity index (χ2v) is 6.64. The van der Waals surface area contributed by atoms with Gasteiger partial charge in [0.25, 0.3) is 0 Å². The van der Waals surface area contributed by atoms with Crippen molar-refractivity contribution in [3.05, 3.63) is 0 Å². The quantitative estimate of drug-likeness (QED) is 0.743. The van der Waals surface area contributed by atoms with Crippen LogP contribution in [0, 0.1) is 11.8 Å². The molecule has 0 spiro atoms. The van der Waals surface area contributed by atoms with Gasteiger partial charge in [0.2, 0.25) is 0 Å². The van der Waals surface area contributed by atoms with E-state index in [0.717, 1.165) is 11.8 Å². The molecule has 1 saturated carbocycles. The minimum Gasteiger partial charge on any atom is -0.315 e. The normalized spacial score (nSPS) is 30.6. The third kappa shape index (κ3) is 5.41. The Hall–Kier alpha value is -0.120. The number of hydrogen-bond acceptors (Lipinski definition) is 3. The molecule has 3 heteroatoms. The monoisotopic (exact) mass is 267 g/mol. The molecule has 112 valence electrons. The third-order valence-electron chi connectivity index (χ3n) is 5.18. The number of rotatable bonds is 6. The summed E-state index contributed by atoms with van der Waals surface area (Å²) in [5.74, 6) is 1.98. The lowest BCUT2D eigenvalue weighted by molar-refractivity contribution is 0.153. The van der Waals surface area contributed by atoms with Crippen LogP contribution in [-0.4, -0.2) is 62.7 Å². The van der Waals surface area contributed by atoms with E-state index in [1.54, 1.807) is 0 Å². The van der Waals surface area contributed by atoms with E-state index in [-0.39, 0.29) is 0 Å². The van der Waals surface area contributed by atoms with Crippen molar-refractivity contribution >= 4 is 0 Å². The maximum absolute atomic E-state index is 3.69. The maximum atomic E-state index is 3.69. The zero-order valence-electron chi connectivity index (χ0n) is 13.0. The molecule has 1 aliphatic heterocycles. The molecule has 2 rings (SSSR count). The van der Waals surface area contributed by atoms with E-state index < -0.39 is 0 Å². The summed E-state index contributed by atoms with van der Waals surface area (Å²) in [6.07, 6.45) is 7.26. The van der Waals surface area contributed by atoms with Gasteiger partial charge >= 0.3 is 0 Å². The largest absolute Gasteiger partial charge is 0.315 e. The molecule has 19 heavy (non-hydrogen) atoms. The second kappa shape index (κ2) is 8.23. The lowest BCUT2D eigenvalue weighted by Gasteiger charge is -2.32. The second-order valence-electron chi connectivity index (χ2n) is 6.64. The van der Waals surface area contributed by atoms with Crippen molar-refractivity contribution in [1.82, 2.24) is 15.1 Å². The molecular weight excluding hydrogens is 234 g/mol. The Kier molecular flexibility index (Phi) is 6.62. The average Bonchev–Trinajstić information content (AvgIpc) is 2.46. The summed E-state index contributed by atoms with van der Waals surface area (Å²) in [7, 11) is 2.22. The van der Waals surface area contributed by atoms with E-state index in [9.17, 15) is 0 Å². The highest BCUT2D eigenvalue weighted by Gasteiger charge is 2.19. The molecule has 0 aromatic rings. The third-order valence-corrected chi connectivity index (χ3v) is 5.18. The van der Waals surface area contributed by atoms with Crippen LogP contribution in [0.15, 0.2) is 0 Å². The lowest BCUT2D eigenvalue weighted by atomic mass is 9.81. The van der Waals surface area contributed by atoms with Gasteiger partial charge < -0.3 is 10.2 Å². The van der Waals surface area contributed by atoms with E-state index in [0.29, 0.717) is 0 Å². The molecule has 1 saturated heterocycles. The van der Waals surface area contributed by atoms with E-state index in [1.807, 2.05) is 0 Å². The smallest absolute Gasteiger partial charge is 0.0110 e. The van der Waals surface area contributed by atoms with Crippen LogP contribution < -0.4 is 5.32 Å². The van der Waals surface area contributed by atoms with Gasteiger partial charge in [-0.3, -0.25) is 4.90 Å². The van der Waals surface area contributed by atoms with Gasteiger partial charge in [-0.2, -0.15) is 0 Å². The molecule has 1 aliphatic carbocycles. The first-order chi connectivity index (χ1) is 9.28. The van der Waals surface area contributed by atoms with Crippen molar-refractivity contribution in [2.24, 2.45) is 11.8 Å². The van der Waals surface area contributed by atoms with Crippen molar-refractivity contribution in [3.63, 3.8) is 0 Å². The van der Waals surface area contributed by atoms with Gasteiger partial charge in [0.15, 0.2) is 0 Å². The first kappa shape index (κ1) is 15.3. The predicted molar refractivity (Wildman–Crippen MR) is 82.5 cm³/mol. The molecule has 2 aliphatic rings. The predicted octanol–water partition coefficient (Wildman–Crippen LogP) is 2.04. The fraction of sp³-hybridized carbons (Fsp3) is 1.00. The molecule has 0 aromatic carbocycles. The molecule has 0 unspecified atom stereocenters. The minimum atomic E-state index is 0.954.